The topological polar surface area (TPSA) is 79.3 Å². The molecule has 8 heteroatoms. The van der Waals surface area contributed by atoms with Crippen LogP contribution in [0.2, 0.25) is 25.7 Å². The Balaban J connectivity index is 2.87. The molecule has 0 saturated carbocycles. The summed E-state index contributed by atoms with van der Waals surface area (Å²) >= 11 is 0. The summed E-state index contributed by atoms with van der Waals surface area (Å²) in [5, 5.41) is 9.86. The minimum atomic E-state index is -1.31. The molecule has 0 aromatic carbocycles. The maximum Gasteiger partial charge on any atom is 0.411 e. The number of hydrogen-bond acceptors (Lipinski definition) is 4. The molecule has 164 valence electrons. The van der Waals surface area contributed by atoms with Crippen LogP contribution in [0.1, 0.15) is 46.5 Å². The molecule has 7 nitrogen and oxygen atoms in total. The van der Waals surface area contributed by atoms with Crippen LogP contribution >= 0.6 is 0 Å². The van der Waals surface area contributed by atoms with Gasteiger partial charge in [0.25, 0.3) is 0 Å². The van der Waals surface area contributed by atoms with E-state index in [0.29, 0.717) is 25.6 Å². The van der Waals surface area contributed by atoms with Crippen LogP contribution in [0.4, 0.5) is 9.59 Å². The first-order chi connectivity index (χ1) is 12.8. The number of nitrogens with zero attached hydrogens (tertiary/aromatic N) is 2. The molecule has 1 N–H and O–H groups in total. The van der Waals surface area contributed by atoms with Gasteiger partial charge in [-0.15, -0.1) is 0 Å². The fourth-order valence-corrected chi connectivity index (χ4v) is 4.16. The Hall–Kier alpha value is -1.28. The van der Waals surface area contributed by atoms with Gasteiger partial charge >= 0.3 is 12.2 Å². The van der Waals surface area contributed by atoms with Gasteiger partial charge < -0.3 is 14.6 Å². The Morgan fingerprint density at radius 2 is 1.93 bits per heavy atom. The summed E-state index contributed by atoms with van der Waals surface area (Å²) in [6.07, 6.45) is 1.44. The normalized spacial score (nSPS) is 19.0. The van der Waals surface area contributed by atoms with Gasteiger partial charge in [-0.1, -0.05) is 19.6 Å². The van der Waals surface area contributed by atoms with E-state index >= 15 is 0 Å². The average molecular weight is 417 g/mol. The van der Waals surface area contributed by atoms with Crippen molar-refractivity contribution < 1.29 is 24.2 Å². The van der Waals surface area contributed by atoms with Gasteiger partial charge in [0, 0.05) is 33.9 Å². The van der Waals surface area contributed by atoms with Crippen LogP contribution in [-0.2, 0) is 9.47 Å². The number of ether oxygens (including phenoxy) is 2. The number of hydrogen-bond donors (Lipinski definition) is 1. The third-order valence-electron chi connectivity index (χ3n) is 5.13. The zero-order valence-electron chi connectivity index (χ0n) is 18.8. The van der Waals surface area contributed by atoms with Crippen LogP contribution in [-0.4, -0.2) is 73.7 Å². The molecule has 0 bridgehead atoms. The van der Waals surface area contributed by atoms with Gasteiger partial charge in [-0.25, -0.2) is 9.59 Å². The van der Waals surface area contributed by atoms with Crippen molar-refractivity contribution in [2.24, 2.45) is 5.92 Å². The lowest BCUT2D eigenvalue weighted by Gasteiger charge is -2.43. The van der Waals surface area contributed by atoms with E-state index < -0.39 is 32.0 Å². The molecule has 1 rings (SSSR count). The van der Waals surface area contributed by atoms with E-state index in [1.165, 1.54) is 9.80 Å². The van der Waals surface area contributed by atoms with E-state index in [0.717, 1.165) is 31.9 Å². The maximum atomic E-state index is 12.7. The molecule has 0 aliphatic carbocycles. The van der Waals surface area contributed by atoms with Crippen molar-refractivity contribution in [3.63, 3.8) is 0 Å². The number of amides is 2. The monoisotopic (exact) mass is 416 g/mol. The number of rotatable bonds is 8. The fourth-order valence-electron chi connectivity index (χ4n) is 3.45. The molecular formula is C20H40N2O5Si. The second-order valence-corrected chi connectivity index (χ2v) is 15.6. The Morgan fingerprint density at radius 3 is 2.39 bits per heavy atom. The van der Waals surface area contributed by atoms with Gasteiger partial charge in [-0.3, -0.25) is 9.80 Å². The number of carboxylic acid groups (broad SMARTS) is 1. The Labute approximate surface area is 171 Å². The molecule has 1 aliphatic rings. The third-order valence-corrected chi connectivity index (χ3v) is 6.83. The molecule has 2 amide bonds. The fraction of sp³-hybridized carbons (Fsp3) is 0.900. The standard InChI is InChI=1S/C20H40N2O5Si/c1-20(2,3)22(18(23)24)17(11-10-16-9-8-12-26-15-16)21(4)19(25)27-13-14-28(5,6)7/h16-17H,8-15H2,1-7H3,(H,23,24)/t16-,17+/m1/s1. The van der Waals surface area contributed by atoms with E-state index in [1.54, 1.807) is 7.05 Å². The highest BCUT2D eigenvalue weighted by molar-refractivity contribution is 6.76. The number of carbonyl (C=O) groups is 2. The maximum absolute atomic E-state index is 12.7. The van der Waals surface area contributed by atoms with Crippen LogP contribution in [0, 0.1) is 5.92 Å². The van der Waals surface area contributed by atoms with Gasteiger partial charge in [-0.2, -0.15) is 0 Å². The smallest absolute Gasteiger partial charge is 0.411 e. The van der Waals surface area contributed by atoms with E-state index in [-0.39, 0.29) is 0 Å². The predicted molar refractivity (Wildman–Crippen MR) is 113 cm³/mol. The molecule has 2 atom stereocenters. The van der Waals surface area contributed by atoms with Crippen molar-refractivity contribution >= 4 is 20.3 Å². The van der Waals surface area contributed by atoms with Crippen molar-refractivity contribution in [1.82, 2.24) is 9.80 Å². The minimum absolute atomic E-state index is 0.380. The van der Waals surface area contributed by atoms with Crippen molar-refractivity contribution in [3.05, 3.63) is 0 Å². The van der Waals surface area contributed by atoms with Crippen molar-refractivity contribution in [1.29, 1.82) is 0 Å². The van der Waals surface area contributed by atoms with Crippen LogP contribution < -0.4 is 0 Å². The second kappa shape index (κ2) is 10.5. The predicted octanol–water partition coefficient (Wildman–Crippen LogP) is 4.70. The summed E-state index contributed by atoms with van der Waals surface area (Å²) in [6, 6.07) is 0.887. The van der Waals surface area contributed by atoms with Gasteiger partial charge in [-0.05, 0) is 58.4 Å². The van der Waals surface area contributed by atoms with Crippen LogP contribution in [0.25, 0.3) is 0 Å². The minimum Gasteiger partial charge on any atom is -0.465 e. The van der Waals surface area contributed by atoms with Crippen molar-refractivity contribution in [3.8, 4) is 0 Å². The first kappa shape index (κ1) is 24.8. The summed E-state index contributed by atoms with van der Waals surface area (Å²) in [4.78, 5) is 27.5. The molecule has 0 aromatic heterocycles. The summed E-state index contributed by atoms with van der Waals surface area (Å²) in [7, 11) is 0.332. The highest BCUT2D eigenvalue weighted by atomic mass is 28.3. The van der Waals surface area contributed by atoms with Gasteiger partial charge in [0.15, 0.2) is 0 Å². The molecular weight excluding hydrogens is 376 g/mol. The Morgan fingerprint density at radius 1 is 1.29 bits per heavy atom. The second-order valence-electron chi connectivity index (χ2n) is 10.0. The van der Waals surface area contributed by atoms with Crippen LogP contribution in [0.15, 0.2) is 0 Å². The highest BCUT2D eigenvalue weighted by Gasteiger charge is 2.38. The Bertz CT molecular complexity index is 510. The quantitative estimate of drug-likeness (QED) is 0.458. The van der Waals surface area contributed by atoms with Crippen LogP contribution in [0.5, 0.6) is 0 Å². The zero-order valence-corrected chi connectivity index (χ0v) is 19.8. The lowest BCUT2D eigenvalue weighted by atomic mass is 9.94. The van der Waals surface area contributed by atoms with E-state index in [4.69, 9.17) is 9.47 Å². The summed E-state index contributed by atoms with van der Waals surface area (Å²) in [5.41, 5.74) is -0.633. The summed E-state index contributed by atoms with van der Waals surface area (Å²) < 4.78 is 11.0. The van der Waals surface area contributed by atoms with Crippen LogP contribution in [0.3, 0.4) is 0 Å². The molecule has 1 fully saturated rings. The van der Waals surface area contributed by atoms with Crippen molar-refractivity contribution in [2.75, 3.05) is 26.9 Å². The molecule has 0 unspecified atom stereocenters. The molecule has 1 saturated heterocycles. The number of carbonyl (C=O) groups excluding carboxylic acids is 1. The first-order valence-electron chi connectivity index (χ1n) is 10.3. The SMILES string of the molecule is CN(C(=O)OCC[Si](C)(C)C)[C@H](CC[C@H]1CCCOC1)N(C(=O)O)C(C)(C)C. The lowest BCUT2D eigenvalue weighted by molar-refractivity contribution is -0.00710. The van der Waals surface area contributed by atoms with E-state index in [2.05, 4.69) is 19.6 Å². The van der Waals surface area contributed by atoms with Gasteiger partial charge in [0.1, 0.15) is 6.17 Å². The third kappa shape index (κ3) is 8.39. The highest BCUT2D eigenvalue weighted by Crippen LogP contribution is 2.27. The lowest BCUT2D eigenvalue weighted by Crippen LogP contribution is -2.58. The molecule has 0 spiro atoms. The van der Waals surface area contributed by atoms with Crippen molar-refractivity contribution in [2.45, 2.75) is 83.8 Å². The molecule has 0 aromatic rings. The van der Waals surface area contributed by atoms with E-state index in [9.17, 15) is 14.7 Å². The van der Waals surface area contributed by atoms with Gasteiger partial charge in [0.05, 0.1) is 6.61 Å². The largest absolute Gasteiger partial charge is 0.465 e. The van der Waals surface area contributed by atoms with E-state index in [1.807, 2.05) is 20.8 Å². The zero-order chi connectivity index (χ0) is 21.5. The average Bonchev–Trinajstić information content (AvgIpc) is 2.55. The Kier molecular flexibility index (Phi) is 9.27. The molecule has 0 radical (unpaired) electrons. The molecule has 1 aliphatic heterocycles. The molecule has 28 heavy (non-hydrogen) atoms. The summed E-state index contributed by atoms with van der Waals surface area (Å²) in [5.74, 6) is 0.406. The van der Waals surface area contributed by atoms with Gasteiger partial charge in [0.2, 0.25) is 0 Å². The molecule has 1 heterocycles. The summed E-state index contributed by atoms with van der Waals surface area (Å²) in [6.45, 7) is 14.1. The first-order valence-corrected chi connectivity index (χ1v) is 14.0.